The predicted octanol–water partition coefficient (Wildman–Crippen LogP) is 3.11. The molecule has 0 amide bonds. The molecule has 2 N–H and O–H groups in total. The molecular weight excluding hydrogens is 228 g/mol. The zero-order valence-electron chi connectivity index (χ0n) is 11.9. The molecule has 1 rings (SSSR count). The van der Waals surface area contributed by atoms with E-state index in [-0.39, 0.29) is 5.54 Å². The summed E-state index contributed by atoms with van der Waals surface area (Å²) in [6, 6.07) is 0. The summed E-state index contributed by atoms with van der Waals surface area (Å²) in [5.41, 5.74) is 6.41. The summed E-state index contributed by atoms with van der Waals surface area (Å²) in [5.74, 6) is 1.28. The molecule has 2 nitrogen and oxygen atoms in total. The van der Waals surface area contributed by atoms with Crippen LogP contribution in [0, 0.1) is 0 Å². The standard InChI is InChI=1S/C14H30N2S/c1-4-7-8-14(6-3,12-15)16-9-10-17-13(5-2)11-16/h13H,4-12,15H2,1-3H3. The third kappa shape index (κ3) is 3.87. The number of hydrogen-bond donors (Lipinski definition) is 1. The molecule has 0 spiro atoms. The lowest BCUT2D eigenvalue weighted by molar-refractivity contribution is 0.0814. The molecule has 3 heteroatoms. The molecule has 0 radical (unpaired) electrons. The molecule has 1 fully saturated rings. The van der Waals surface area contributed by atoms with Gasteiger partial charge in [-0.1, -0.05) is 33.6 Å². The van der Waals surface area contributed by atoms with E-state index in [0.29, 0.717) is 0 Å². The van der Waals surface area contributed by atoms with Gasteiger partial charge in [-0.3, -0.25) is 4.90 Å². The smallest absolute Gasteiger partial charge is 0.0329 e. The minimum atomic E-state index is 0.282. The van der Waals surface area contributed by atoms with Gasteiger partial charge in [0.05, 0.1) is 0 Å². The molecule has 0 bridgehead atoms. The summed E-state index contributed by atoms with van der Waals surface area (Å²) in [5, 5.41) is 0.822. The van der Waals surface area contributed by atoms with E-state index in [9.17, 15) is 0 Å². The van der Waals surface area contributed by atoms with Crippen LogP contribution in [0.1, 0.15) is 52.9 Å². The zero-order valence-corrected chi connectivity index (χ0v) is 12.7. The van der Waals surface area contributed by atoms with Crippen molar-refractivity contribution < 1.29 is 0 Å². The first-order chi connectivity index (χ1) is 8.22. The van der Waals surface area contributed by atoms with Crippen LogP contribution < -0.4 is 5.73 Å². The van der Waals surface area contributed by atoms with Crippen LogP contribution in [-0.2, 0) is 0 Å². The van der Waals surface area contributed by atoms with E-state index in [4.69, 9.17) is 5.73 Å². The van der Waals surface area contributed by atoms with Gasteiger partial charge in [-0.25, -0.2) is 0 Å². The summed E-state index contributed by atoms with van der Waals surface area (Å²) in [6.45, 7) is 10.2. The van der Waals surface area contributed by atoms with Gasteiger partial charge in [0, 0.05) is 36.2 Å². The Kier molecular flexibility index (Phi) is 6.90. The van der Waals surface area contributed by atoms with Gasteiger partial charge in [0.2, 0.25) is 0 Å². The molecule has 2 atom stereocenters. The number of hydrogen-bond acceptors (Lipinski definition) is 3. The van der Waals surface area contributed by atoms with Crippen molar-refractivity contribution in [2.45, 2.75) is 63.7 Å². The third-order valence-electron chi connectivity index (χ3n) is 4.30. The van der Waals surface area contributed by atoms with Gasteiger partial charge >= 0.3 is 0 Å². The second-order valence-corrected chi connectivity index (χ2v) is 6.64. The number of nitrogens with zero attached hydrogens (tertiary/aromatic N) is 1. The number of unbranched alkanes of at least 4 members (excludes halogenated alkanes) is 1. The topological polar surface area (TPSA) is 29.3 Å². The van der Waals surface area contributed by atoms with Crippen molar-refractivity contribution in [1.29, 1.82) is 0 Å². The van der Waals surface area contributed by atoms with Crippen molar-refractivity contribution in [1.82, 2.24) is 4.90 Å². The first kappa shape index (κ1) is 15.3. The van der Waals surface area contributed by atoms with Gasteiger partial charge in [0.25, 0.3) is 0 Å². The lowest BCUT2D eigenvalue weighted by atomic mass is 9.87. The van der Waals surface area contributed by atoms with Crippen molar-refractivity contribution >= 4 is 11.8 Å². The van der Waals surface area contributed by atoms with Crippen LogP contribution in [0.25, 0.3) is 0 Å². The second kappa shape index (κ2) is 7.65. The van der Waals surface area contributed by atoms with Crippen molar-refractivity contribution in [2.75, 3.05) is 25.4 Å². The fraction of sp³-hybridized carbons (Fsp3) is 1.00. The largest absolute Gasteiger partial charge is 0.329 e. The number of nitrogens with two attached hydrogens (primary N) is 1. The van der Waals surface area contributed by atoms with Gasteiger partial charge in [-0.05, 0) is 19.3 Å². The fourth-order valence-electron chi connectivity index (χ4n) is 2.84. The molecule has 2 unspecified atom stereocenters. The van der Waals surface area contributed by atoms with Crippen LogP contribution in [0.4, 0.5) is 0 Å². The van der Waals surface area contributed by atoms with Gasteiger partial charge in [0.15, 0.2) is 0 Å². The van der Waals surface area contributed by atoms with Crippen molar-refractivity contribution in [2.24, 2.45) is 5.73 Å². The van der Waals surface area contributed by atoms with E-state index < -0.39 is 0 Å². The maximum Gasteiger partial charge on any atom is 0.0329 e. The molecule has 0 aromatic heterocycles. The van der Waals surface area contributed by atoms with Gasteiger partial charge in [-0.15, -0.1) is 0 Å². The summed E-state index contributed by atoms with van der Waals surface area (Å²) in [7, 11) is 0. The summed E-state index contributed by atoms with van der Waals surface area (Å²) in [6.07, 6.45) is 6.36. The quantitative estimate of drug-likeness (QED) is 0.761. The molecule has 0 aromatic rings. The van der Waals surface area contributed by atoms with E-state index in [1.807, 2.05) is 0 Å². The van der Waals surface area contributed by atoms with Crippen molar-refractivity contribution in [3.63, 3.8) is 0 Å². The number of rotatable bonds is 7. The first-order valence-corrected chi connectivity index (χ1v) is 8.34. The highest BCUT2D eigenvalue weighted by atomic mass is 32.2. The van der Waals surface area contributed by atoms with E-state index in [2.05, 4.69) is 37.4 Å². The first-order valence-electron chi connectivity index (χ1n) is 7.29. The average Bonchev–Trinajstić information content (AvgIpc) is 2.41. The Morgan fingerprint density at radius 2 is 2.12 bits per heavy atom. The molecule has 102 valence electrons. The summed E-state index contributed by atoms with van der Waals surface area (Å²) < 4.78 is 0. The Balaban J connectivity index is 2.67. The predicted molar refractivity (Wildman–Crippen MR) is 79.7 cm³/mol. The second-order valence-electron chi connectivity index (χ2n) is 5.23. The van der Waals surface area contributed by atoms with E-state index in [1.54, 1.807) is 0 Å². The zero-order chi connectivity index (χ0) is 12.7. The SMILES string of the molecule is CCCCC(CC)(CN)N1CCSC(CC)C1. The van der Waals surface area contributed by atoms with Crippen molar-refractivity contribution in [3.8, 4) is 0 Å². The summed E-state index contributed by atoms with van der Waals surface area (Å²) in [4.78, 5) is 2.70. The Morgan fingerprint density at radius 3 is 2.65 bits per heavy atom. The molecule has 1 heterocycles. The van der Waals surface area contributed by atoms with Crippen LogP contribution in [0.5, 0.6) is 0 Å². The van der Waals surface area contributed by atoms with Crippen LogP contribution in [0.15, 0.2) is 0 Å². The highest BCUT2D eigenvalue weighted by Crippen LogP contribution is 2.31. The summed E-state index contributed by atoms with van der Waals surface area (Å²) >= 11 is 2.15. The Labute approximate surface area is 112 Å². The molecule has 0 saturated carbocycles. The normalized spacial score (nSPS) is 25.8. The van der Waals surface area contributed by atoms with Crippen molar-refractivity contribution in [3.05, 3.63) is 0 Å². The average molecular weight is 258 g/mol. The maximum atomic E-state index is 6.13. The van der Waals surface area contributed by atoms with E-state index in [1.165, 1.54) is 50.9 Å². The van der Waals surface area contributed by atoms with E-state index >= 15 is 0 Å². The minimum absolute atomic E-state index is 0.282. The molecule has 0 aliphatic carbocycles. The Bertz CT molecular complexity index is 204. The molecular formula is C14H30N2S. The molecule has 1 aliphatic heterocycles. The van der Waals surface area contributed by atoms with E-state index in [0.717, 1.165) is 11.8 Å². The fourth-order valence-corrected chi connectivity index (χ4v) is 4.02. The third-order valence-corrected chi connectivity index (χ3v) is 5.67. The molecule has 0 aromatic carbocycles. The molecule has 17 heavy (non-hydrogen) atoms. The highest BCUT2D eigenvalue weighted by molar-refractivity contribution is 8.00. The molecule has 1 aliphatic rings. The molecule has 1 saturated heterocycles. The van der Waals surface area contributed by atoms with Crippen LogP contribution >= 0.6 is 11.8 Å². The van der Waals surface area contributed by atoms with Crippen LogP contribution in [-0.4, -0.2) is 41.1 Å². The van der Waals surface area contributed by atoms with Crippen LogP contribution in [0.2, 0.25) is 0 Å². The lowest BCUT2D eigenvalue weighted by Crippen LogP contribution is -2.57. The number of thioether (sulfide) groups is 1. The van der Waals surface area contributed by atoms with Crippen LogP contribution in [0.3, 0.4) is 0 Å². The Hall–Kier alpha value is 0.270. The lowest BCUT2D eigenvalue weighted by Gasteiger charge is -2.47. The minimum Gasteiger partial charge on any atom is -0.329 e. The van der Waals surface area contributed by atoms with Gasteiger partial charge < -0.3 is 5.73 Å². The monoisotopic (exact) mass is 258 g/mol. The van der Waals surface area contributed by atoms with Gasteiger partial charge in [0.1, 0.15) is 0 Å². The maximum absolute atomic E-state index is 6.13. The Morgan fingerprint density at radius 1 is 1.35 bits per heavy atom. The highest BCUT2D eigenvalue weighted by Gasteiger charge is 2.35. The van der Waals surface area contributed by atoms with Gasteiger partial charge in [-0.2, -0.15) is 11.8 Å².